The number of likely N-dealkylation sites (tertiary alicyclic amines) is 1. The molecule has 3 rings (SSSR count). The monoisotopic (exact) mass is 294 g/mol. The molecule has 3 unspecified atom stereocenters. The predicted octanol–water partition coefficient (Wildman–Crippen LogP) is 1.98. The van der Waals surface area contributed by atoms with E-state index in [1.54, 1.807) is 0 Å². The molecule has 0 saturated carbocycles. The first-order valence-corrected chi connectivity index (χ1v) is 7.44. The van der Waals surface area contributed by atoms with Crippen LogP contribution in [0.25, 0.3) is 0 Å². The fourth-order valence-electron chi connectivity index (χ4n) is 3.14. The molecule has 2 fully saturated rings. The van der Waals surface area contributed by atoms with Gasteiger partial charge < -0.3 is 15.4 Å². The first-order chi connectivity index (χ1) is 9.68. The van der Waals surface area contributed by atoms with Crippen LogP contribution < -0.4 is 5.73 Å². The number of nitrogens with two attached hydrogens (primary N) is 1. The van der Waals surface area contributed by atoms with Crippen molar-refractivity contribution in [2.45, 2.75) is 24.9 Å². The van der Waals surface area contributed by atoms with Crippen molar-refractivity contribution in [3.05, 3.63) is 34.9 Å². The number of halogens is 1. The Morgan fingerprint density at radius 2 is 2.15 bits per heavy atom. The average molecular weight is 295 g/mol. The number of amides is 1. The number of nitrogens with zero attached hydrogens (tertiary/aromatic N) is 1. The number of carbonyl (C=O) groups is 1. The van der Waals surface area contributed by atoms with Gasteiger partial charge in [0.1, 0.15) is 0 Å². The van der Waals surface area contributed by atoms with E-state index in [0.29, 0.717) is 13.2 Å². The third-order valence-electron chi connectivity index (χ3n) is 4.24. The Bertz CT molecular complexity index is 508. The summed E-state index contributed by atoms with van der Waals surface area (Å²) in [5, 5.41) is 0.726. The molecular weight excluding hydrogens is 276 g/mol. The van der Waals surface area contributed by atoms with Crippen LogP contribution in [0.15, 0.2) is 24.3 Å². The maximum Gasteiger partial charge on any atom is 0.230 e. The van der Waals surface area contributed by atoms with Crippen LogP contribution in [0.1, 0.15) is 24.4 Å². The Hall–Kier alpha value is -1.10. The molecule has 108 valence electrons. The van der Waals surface area contributed by atoms with Gasteiger partial charge in [0.2, 0.25) is 5.91 Å². The second-order valence-corrected chi connectivity index (χ2v) is 5.93. The minimum Gasteiger partial charge on any atom is -0.379 e. The summed E-state index contributed by atoms with van der Waals surface area (Å²) >= 11 is 6.28. The van der Waals surface area contributed by atoms with Gasteiger partial charge in [-0.05, 0) is 24.5 Å². The normalized spacial score (nSPS) is 29.9. The van der Waals surface area contributed by atoms with Crippen LogP contribution in [0.5, 0.6) is 0 Å². The smallest absolute Gasteiger partial charge is 0.230 e. The quantitative estimate of drug-likeness (QED) is 0.907. The number of ether oxygens (including phenoxy) is 1. The van der Waals surface area contributed by atoms with Gasteiger partial charge in [0.25, 0.3) is 0 Å². The average Bonchev–Trinajstić information content (AvgIpc) is 3.07. The van der Waals surface area contributed by atoms with Crippen LogP contribution >= 0.6 is 11.6 Å². The van der Waals surface area contributed by atoms with Crippen LogP contribution in [-0.4, -0.2) is 36.6 Å². The van der Waals surface area contributed by atoms with Crippen molar-refractivity contribution < 1.29 is 9.53 Å². The molecule has 1 aromatic rings. The highest BCUT2D eigenvalue weighted by Gasteiger charge is 2.39. The van der Waals surface area contributed by atoms with E-state index in [4.69, 9.17) is 22.1 Å². The molecule has 2 saturated heterocycles. The van der Waals surface area contributed by atoms with Crippen molar-refractivity contribution in [2.75, 3.05) is 19.8 Å². The van der Waals surface area contributed by atoms with Gasteiger partial charge in [-0.1, -0.05) is 29.8 Å². The Morgan fingerprint density at radius 1 is 1.35 bits per heavy atom. The van der Waals surface area contributed by atoms with Gasteiger partial charge in [0.05, 0.1) is 25.2 Å². The van der Waals surface area contributed by atoms with E-state index in [2.05, 4.69) is 0 Å². The fourth-order valence-corrected chi connectivity index (χ4v) is 3.40. The van der Waals surface area contributed by atoms with Crippen molar-refractivity contribution in [3.8, 4) is 0 Å². The van der Waals surface area contributed by atoms with Gasteiger partial charge in [-0.15, -0.1) is 0 Å². The first-order valence-electron chi connectivity index (χ1n) is 7.06. The Kier molecular flexibility index (Phi) is 3.96. The largest absolute Gasteiger partial charge is 0.379 e. The summed E-state index contributed by atoms with van der Waals surface area (Å²) in [6, 6.07) is 7.64. The third-order valence-corrected chi connectivity index (χ3v) is 4.59. The lowest BCUT2D eigenvalue weighted by atomic mass is 10.00. The van der Waals surface area contributed by atoms with Crippen LogP contribution in [0.2, 0.25) is 5.02 Å². The molecular formula is C15H19ClN2O2. The molecule has 1 aromatic carbocycles. The zero-order chi connectivity index (χ0) is 14.1. The fraction of sp³-hybridized carbons (Fsp3) is 0.533. The van der Waals surface area contributed by atoms with Crippen LogP contribution in [0.3, 0.4) is 0 Å². The molecule has 2 N–H and O–H groups in total. The highest BCUT2D eigenvalue weighted by Crippen LogP contribution is 2.37. The molecule has 2 heterocycles. The van der Waals surface area contributed by atoms with Gasteiger partial charge >= 0.3 is 0 Å². The van der Waals surface area contributed by atoms with Crippen molar-refractivity contribution >= 4 is 17.5 Å². The van der Waals surface area contributed by atoms with E-state index in [9.17, 15) is 4.79 Å². The number of hydrogen-bond donors (Lipinski definition) is 1. The molecule has 0 bridgehead atoms. The number of benzene rings is 1. The van der Waals surface area contributed by atoms with Crippen LogP contribution in [0, 0.1) is 5.92 Å². The molecule has 3 atom stereocenters. The zero-order valence-corrected chi connectivity index (χ0v) is 12.1. The molecule has 0 radical (unpaired) electrons. The van der Waals surface area contributed by atoms with E-state index < -0.39 is 0 Å². The third kappa shape index (κ3) is 2.43. The van der Waals surface area contributed by atoms with E-state index in [1.807, 2.05) is 29.2 Å². The van der Waals surface area contributed by atoms with E-state index in [1.165, 1.54) is 0 Å². The second-order valence-electron chi connectivity index (χ2n) is 5.52. The molecule has 20 heavy (non-hydrogen) atoms. The first kappa shape index (κ1) is 13.9. The Labute approximate surface area is 123 Å². The molecule has 0 aliphatic carbocycles. The van der Waals surface area contributed by atoms with Gasteiger partial charge in [0, 0.05) is 17.6 Å². The van der Waals surface area contributed by atoms with Crippen LogP contribution in [-0.2, 0) is 9.53 Å². The number of carbonyl (C=O) groups excluding carboxylic acids is 1. The van der Waals surface area contributed by atoms with Crippen molar-refractivity contribution in [3.63, 3.8) is 0 Å². The second kappa shape index (κ2) is 5.72. The summed E-state index contributed by atoms with van der Waals surface area (Å²) in [7, 11) is 0. The topological polar surface area (TPSA) is 55.6 Å². The lowest BCUT2D eigenvalue weighted by Gasteiger charge is -2.29. The van der Waals surface area contributed by atoms with Gasteiger partial charge in [-0.2, -0.15) is 0 Å². The standard InChI is InChI=1S/C15H19ClN2O2/c16-12-5-2-1-4-10(12)14-6-3-7-18(14)15(19)11-8-20-9-13(11)17/h1-2,4-5,11,13-14H,3,6-9,17H2. The lowest BCUT2D eigenvalue weighted by molar-refractivity contribution is -0.136. The summed E-state index contributed by atoms with van der Waals surface area (Å²) in [6.45, 7) is 1.69. The van der Waals surface area contributed by atoms with E-state index >= 15 is 0 Å². The summed E-state index contributed by atoms with van der Waals surface area (Å²) < 4.78 is 5.32. The molecule has 4 nitrogen and oxygen atoms in total. The predicted molar refractivity (Wildman–Crippen MR) is 77.4 cm³/mol. The molecule has 1 amide bonds. The Balaban J connectivity index is 1.82. The highest BCUT2D eigenvalue weighted by atomic mass is 35.5. The summed E-state index contributed by atoms with van der Waals surface area (Å²) in [6.07, 6.45) is 1.96. The summed E-state index contributed by atoms with van der Waals surface area (Å²) in [5.74, 6) is -0.101. The molecule has 0 spiro atoms. The van der Waals surface area contributed by atoms with Crippen molar-refractivity contribution in [1.29, 1.82) is 0 Å². The van der Waals surface area contributed by atoms with Crippen molar-refractivity contribution in [1.82, 2.24) is 4.90 Å². The minimum absolute atomic E-state index is 0.0731. The minimum atomic E-state index is -0.210. The summed E-state index contributed by atoms with van der Waals surface area (Å²) in [4.78, 5) is 14.6. The van der Waals surface area contributed by atoms with Crippen LogP contribution in [0.4, 0.5) is 0 Å². The SMILES string of the molecule is NC1COCC1C(=O)N1CCCC1c1ccccc1Cl. The molecule has 5 heteroatoms. The molecule has 2 aliphatic rings. The van der Waals surface area contributed by atoms with Gasteiger partial charge in [-0.25, -0.2) is 0 Å². The lowest BCUT2D eigenvalue weighted by Crippen LogP contribution is -2.43. The molecule has 0 aromatic heterocycles. The van der Waals surface area contributed by atoms with Crippen molar-refractivity contribution in [2.24, 2.45) is 11.7 Å². The Morgan fingerprint density at radius 3 is 2.85 bits per heavy atom. The van der Waals surface area contributed by atoms with E-state index in [-0.39, 0.29) is 23.9 Å². The van der Waals surface area contributed by atoms with Gasteiger partial charge in [-0.3, -0.25) is 4.79 Å². The maximum atomic E-state index is 12.7. The van der Waals surface area contributed by atoms with Gasteiger partial charge in [0.15, 0.2) is 0 Å². The summed E-state index contributed by atoms with van der Waals surface area (Å²) in [5.41, 5.74) is 7.00. The molecule has 2 aliphatic heterocycles. The zero-order valence-electron chi connectivity index (χ0n) is 11.3. The highest BCUT2D eigenvalue weighted by molar-refractivity contribution is 6.31. The maximum absolute atomic E-state index is 12.7. The number of rotatable bonds is 2. The van der Waals surface area contributed by atoms with E-state index in [0.717, 1.165) is 30.0 Å². The number of hydrogen-bond acceptors (Lipinski definition) is 3.